The second-order valence-corrected chi connectivity index (χ2v) is 8.60. The van der Waals surface area contributed by atoms with Crippen molar-refractivity contribution in [3.05, 3.63) is 65.2 Å². The molecule has 1 N–H and O–H groups in total. The number of hydrogen-bond donors (Lipinski definition) is 1. The minimum absolute atomic E-state index is 0.0670. The van der Waals surface area contributed by atoms with Crippen molar-refractivity contribution in [1.29, 1.82) is 5.26 Å². The Labute approximate surface area is 159 Å². The summed E-state index contributed by atoms with van der Waals surface area (Å²) in [7, 11) is -4.01. The molecule has 1 aliphatic heterocycles. The Morgan fingerprint density at radius 2 is 1.81 bits per heavy atom. The van der Waals surface area contributed by atoms with Crippen LogP contribution in [0.1, 0.15) is 42.5 Å². The number of nitriles is 1. The van der Waals surface area contributed by atoms with Gasteiger partial charge in [0.05, 0.1) is 10.5 Å². The SMILES string of the molecule is CC(C)c1ccc(C2C(=O)NCCN2S(=O)(=O)c2ccccc2C#N)cc1. The van der Waals surface area contributed by atoms with Gasteiger partial charge in [0, 0.05) is 13.1 Å². The van der Waals surface area contributed by atoms with Crippen molar-refractivity contribution in [2.75, 3.05) is 13.1 Å². The van der Waals surface area contributed by atoms with Gasteiger partial charge in [0.1, 0.15) is 12.1 Å². The highest BCUT2D eigenvalue weighted by atomic mass is 32.2. The highest BCUT2D eigenvalue weighted by Crippen LogP contribution is 2.31. The summed E-state index contributed by atoms with van der Waals surface area (Å²) in [5.74, 6) is -0.0295. The molecule has 1 amide bonds. The lowest BCUT2D eigenvalue weighted by Gasteiger charge is -2.34. The molecule has 1 fully saturated rings. The van der Waals surface area contributed by atoms with E-state index in [1.165, 1.54) is 16.4 Å². The Morgan fingerprint density at radius 3 is 2.44 bits per heavy atom. The summed E-state index contributed by atoms with van der Waals surface area (Å²) >= 11 is 0. The molecule has 0 aliphatic carbocycles. The third-order valence-corrected chi connectivity index (χ3v) is 6.60. The minimum Gasteiger partial charge on any atom is -0.353 e. The number of nitrogens with one attached hydrogen (secondary N) is 1. The van der Waals surface area contributed by atoms with Crippen molar-refractivity contribution in [2.45, 2.75) is 30.7 Å². The summed E-state index contributed by atoms with van der Waals surface area (Å²) in [6, 6.07) is 14.4. The van der Waals surface area contributed by atoms with E-state index in [4.69, 9.17) is 0 Å². The summed E-state index contributed by atoms with van der Waals surface area (Å²) in [6.07, 6.45) is 0. The molecule has 0 spiro atoms. The zero-order valence-corrected chi connectivity index (χ0v) is 16.0. The fourth-order valence-electron chi connectivity index (χ4n) is 3.20. The van der Waals surface area contributed by atoms with Crippen molar-refractivity contribution in [1.82, 2.24) is 9.62 Å². The molecule has 27 heavy (non-hydrogen) atoms. The van der Waals surface area contributed by atoms with Gasteiger partial charge in [-0.15, -0.1) is 0 Å². The zero-order chi connectivity index (χ0) is 19.6. The first-order valence-electron chi connectivity index (χ1n) is 8.75. The molecule has 7 heteroatoms. The van der Waals surface area contributed by atoms with Crippen LogP contribution >= 0.6 is 0 Å². The van der Waals surface area contributed by atoms with Crippen LogP contribution in [0.25, 0.3) is 0 Å². The van der Waals surface area contributed by atoms with Crippen molar-refractivity contribution in [3.63, 3.8) is 0 Å². The Kier molecular flexibility index (Phi) is 5.31. The molecule has 140 valence electrons. The third-order valence-electron chi connectivity index (χ3n) is 4.68. The zero-order valence-electron chi connectivity index (χ0n) is 15.2. The molecular formula is C20H21N3O3S. The van der Waals surface area contributed by atoms with Crippen LogP contribution in [-0.2, 0) is 14.8 Å². The number of nitrogens with zero attached hydrogens (tertiary/aromatic N) is 2. The lowest BCUT2D eigenvalue weighted by atomic mass is 9.98. The Morgan fingerprint density at radius 1 is 1.15 bits per heavy atom. The number of hydrogen-bond acceptors (Lipinski definition) is 4. The van der Waals surface area contributed by atoms with Gasteiger partial charge in [-0.05, 0) is 29.2 Å². The molecule has 2 aromatic carbocycles. The number of benzene rings is 2. The Bertz CT molecular complexity index is 992. The maximum absolute atomic E-state index is 13.3. The highest BCUT2D eigenvalue weighted by Gasteiger charge is 2.40. The average Bonchev–Trinajstić information content (AvgIpc) is 2.67. The molecule has 1 saturated heterocycles. The van der Waals surface area contributed by atoms with Crippen molar-refractivity contribution >= 4 is 15.9 Å². The topological polar surface area (TPSA) is 90.3 Å². The monoisotopic (exact) mass is 383 g/mol. The molecule has 0 aromatic heterocycles. The molecular weight excluding hydrogens is 362 g/mol. The van der Waals surface area contributed by atoms with Crippen LogP contribution in [0.5, 0.6) is 0 Å². The van der Waals surface area contributed by atoms with E-state index in [-0.39, 0.29) is 29.5 Å². The molecule has 0 bridgehead atoms. The summed E-state index contributed by atoms with van der Waals surface area (Å²) in [5.41, 5.74) is 1.78. The lowest BCUT2D eigenvalue weighted by Crippen LogP contribution is -2.52. The number of carbonyl (C=O) groups excluding carboxylic acids is 1. The van der Waals surface area contributed by atoms with E-state index in [0.717, 1.165) is 5.56 Å². The molecule has 6 nitrogen and oxygen atoms in total. The van der Waals surface area contributed by atoms with E-state index in [2.05, 4.69) is 19.2 Å². The van der Waals surface area contributed by atoms with Gasteiger partial charge in [-0.1, -0.05) is 50.2 Å². The first kappa shape index (κ1) is 19.1. The average molecular weight is 383 g/mol. The second kappa shape index (κ2) is 7.51. The smallest absolute Gasteiger partial charge is 0.245 e. The first-order chi connectivity index (χ1) is 12.9. The van der Waals surface area contributed by atoms with Crippen molar-refractivity contribution in [2.24, 2.45) is 0 Å². The van der Waals surface area contributed by atoms with Crippen LogP contribution in [0.2, 0.25) is 0 Å². The van der Waals surface area contributed by atoms with Gasteiger partial charge in [-0.2, -0.15) is 9.57 Å². The molecule has 0 saturated carbocycles. The molecule has 1 unspecified atom stereocenters. The van der Waals surface area contributed by atoms with Gasteiger partial charge in [-0.3, -0.25) is 4.79 Å². The normalized spacial score (nSPS) is 18.1. The molecule has 3 rings (SSSR count). The van der Waals surface area contributed by atoms with E-state index in [9.17, 15) is 18.5 Å². The van der Waals surface area contributed by atoms with Crippen LogP contribution < -0.4 is 5.32 Å². The van der Waals surface area contributed by atoms with E-state index >= 15 is 0 Å². The van der Waals surface area contributed by atoms with E-state index in [0.29, 0.717) is 11.5 Å². The van der Waals surface area contributed by atoms with E-state index in [1.807, 2.05) is 18.2 Å². The predicted molar refractivity (Wildman–Crippen MR) is 101 cm³/mol. The summed E-state index contributed by atoms with van der Waals surface area (Å²) < 4.78 is 27.7. The Hall–Kier alpha value is -2.69. The number of carbonyl (C=O) groups is 1. The molecule has 1 atom stereocenters. The van der Waals surface area contributed by atoms with Crippen LogP contribution in [0.3, 0.4) is 0 Å². The number of amides is 1. The summed E-state index contributed by atoms with van der Waals surface area (Å²) in [6.45, 7) is 4.51. The van der Waals surface area contributed by atoms with Gasteiger partial charge >= 0.3 is 0 Å². The van der Waals surface area contributed by atoms with Crippen LogP contribution in [0.4, 0.5) is 0 Å². The Balaban J connectivity index is 2.06. The molecule has 1 aliphatic rings. The van der Waals surface area contributed by atoms with Crippen molar-refractivity contribution < 1.29 is 13.2 Å². The van der Waals surface area contributed by atoms with Gasteiger partial charge < -0.3 is 5.32 Å². The van der Waals surface area contributed by atoms with Crippen LogP contribution in [-0.4, -0.2) is 31.7 Å². The summed E-state index contributed by atoms with van der Waals surface area (Å²) in [5, 5.41) is 12.0. The maximum atomic E-state index is 13.3. The van der Waals surface area contributed by atoms with Gasteiger partial charge in [0.2, 0.25) is 15.9 Å². The van der Waals surface area contributed by atoms with Crippen molar-refractivity contribution in [3.8, 4) is 6.07 Å². The van der Waals surface area contributed by atoms with Gasteiger partial charge in [-0.25, -0.2) is 8.42 Å². The molecule has 0 radical (unpaired) electrons. The fraction of sp³-hybridized carbons (Fsp3) is 0.300. The quantitative estimate of drug-likeness (QED) is 0.878. The van der Waals surface area contributed by atoms with E-state index in [1.54, 1.807) is 24.3 Å². The fourth-order valence-corrected chi connectivity index (χ4v) is 4.92. The largest absolute Gasteiger partial charge is 0.353 e. The highest BCUT2D eigenvalue weighted by molar-refractivity contribution is 7.89. The maximum Gasteiger partial charge on any atom is 0.245 e. The number of sulfonamides is 1. The number of rotatable bonds is 4. The van der Waals surface area contributed by atoms with Gasteiger partial charge in [0.15, 0.2) is 0 Å². The summed E-state index contributed by atoms with van der Waals surface area (Å²) in [4.78, 5) is 12.5. The molecule has 2 aromatic rings. The van der Waals surface area contributed by atoms with E-state index < -0.39 is 16.1 Å². The minimum atomic E-state index is -4.01. The second-order valence-electron chi connectivity index (χ2n) is 6.74. The lowest BCUT2D eigenvalue weighted by molar-refractivity contribution is -0.126. The standard InChI is InChI=1S/C20H21N3O3S/c1-14(2)15-7-9-16(10-8-15)19-20(24)22-11-12-23(19)27(25,26)18-6-4-3-5-17(18)13-21/h3-10,14,19H,11-12H2,1-2H3,(H,22,24). The van der Waals surface area contributed by atoms with Crippen LogP contribution in [0, 0.1) is 11.3 Å². The van der Waals surface area contributed by atoms with Crippen LogP contribution in [0.15, 0.2) is 53.4 Å². The molecule has 1 heterocycles. The predicted octanol–water partition coefficient (Wildman–Crippen LogP) is 2.54. The van der Waals surface area contributed by atoms with Gasteiger partial charge in [0.25, 0.3) is 0 Å². The third kappa shape index (κ3) is 3.59. The first-order valence-corrected chi connectivity index (χ1v) is 10.2. The number of piperazine rings is 1.